The molecule has 0 aliphatic carbocycles. The first-order valence-electron chi connectivity index (χ1n) is 8.01. The molecule has 0 spiro atoms. The highest BCUT2D eigenvalue weighted by Crippen LogP contribution is 2.33. The summed E-state index contributed by atoms with van der Waals surface area (Å²) in [5.74, 6) is -0.189. The van der Waals surface area contributed by atoms with Crippen molar-refractivity contribution in [3.05, 3.63) is 45.9 Å². The summed E-state index contributed by atoms with van der Waals surface area (Å²) in [5, 5.41) is 3.01. The van der Waals surface area contributed by atoms with E-state index in [1.54, 1.807) is 18.2 Å². The third-order valence-corrected chi connectivity index (χ3v) is 4.31. The molecule has 0 saturated carbocycles. The standard InChI is InChI=1S/C18H16Cl2N2O5/c1-9(27-18(24)12-6-10(19)7-13(20)16(12)21)17(23)22-11-2-3-14-15(8-11)26-5-4-25-14/h2-3,6-9H,4-5,21H2,1H3,(H,22,23)/t9-/m0/s1. The number of hydrogen-bond acceptors (Lipinski definition) is 6. The highest BCUT2D eigenvalue weighted by Gasteiger charge is 2.22. The molecule has 9 heteroatoms. The fraction of sp³-hybridized carbons (Fsp3) is 0.222. The van der Waals surface area contributed by atoms with Gasteiger partial charge < -0.3 is 25.3 Å². The van der Waals surface area contributed by atoms with Crippen LogP contribution in [0.4, 0.5) is 11.4 Å². The van der Waals surface area contributed by atoms with Crippen molar-refractivity contribution in [2.45, 2.75) is 13.0 Å². The minimum absolute atomic E-state index is 0.00789. The van der Waals surface area contributed by atoms with Gasteiger partial charge in [-0.15, -0.1) is 0 Å². The molecule has 0 aromatic heterocycles. The van der Waals surface area contributed by atoms with E-state index in [4.69, 9.17) is 43.1 Å². The molecule has 7 nitrogen and oxygen atoms in total. The van der Waals surface area contributed by atoms with E-state index < -0.39 is 18.0 Å². The van der Waals surface area contributed by atoms with Crippen LogP contribution in [-0.2, 0) is 9.53 Å². The van der Waals surface area contributed by atoms with Crippen molar-refractivity contribution in [3.63, 3.8) is 0 Å². The Hall–Kier alpha value is -2.64. The van der Waals surface area contributed by atoms with Crippen LogP contribution in [0.2, 0.25) is 10.0 Å². The predicted octanol–water partition coefficient (Wildman–Crippen LogP) is 3.53. The molecule has 3 N–H and O–H groups in total. The topological polar surface area (TPSA) is 99.9 Å². The number of esters is 1. The van der Waals surface area contributed by atoms with E-state index in [2.05, 4.69) is 5.32 Å². The van der Waals surface area contributed by atoms with Crippen LogP contribution in [0.1, 0.15) is 17.3 Å². The first-order valence-corrected chi connectivity index (χ1v) is 8.77. The average molecular weight is 411 g/mol. The van der Waals surface area contributed by atoms with Crippen molar-refractivity contribution in [2.24, 2.45) is 0 Å². The minimum atomic E-state index is -1.08. The summed E-state index contributed by atoms with van der Waals surface area (Å²) >= 11 is 11.8. The normalized spacial score (nSPS) is 13.6. The second kappa shape index (κ2) is 7.94. The van der Waals surface area contributed by atoms with Gasteiger partial charge in [-0.05, 0) is 31.2 Å². The van der Waals surface area contributed by atoms with E-state index in [1.807, 2.05) is 0 Å². The van der Waals surface area contributed by atoms with Crippen LogP contribution >= 0.6 is 23.2 Å². The number of halogens is 2. The lowest BCUT2D eigenvalue weighted by Crippen LogP contribution is -2.30. The molecule has 0 radical (unpaired) electrons. The van der Waals surface area contributed by atoms with Crippen LogP contribution in [0.3, 0.4) is 0 Å². The zero-order valence-electron chi connectivity index (χ0n) is 14.3. The molecule has 0 saturated heterocycles. The van der Waals surface area contributed by atoms with Gasteiger partial charge in [0, 0.05) is 16.8 Å². The fourth-order valence-electron chi connectivity index (χ4n) is 2.40. The largest absolute Gasteiger partial charge is 0.486 e. The molecular weight excluding hydrogens is 395 g/mol. The van der Waals surface area contributed by atoms with E-state index in [1.165, 1.54) is 19.1 Å². The Labute approximate surface area is 165 Å². The Morgan fingerprint density at radius 1 is 1.15 bits per heavy atom. The predicted molar refractivity (Wildman–Crippen MR) is 102 cm³/mol. The van der Waals surface area contributed by atoms with Gasteiger partial charge in [-0.1, -0.05) is 23.2 Å². The van der Waals surface area contributed by atoms with Crippen LogP contribution in [0, 0.1) is 0 Å². The number of amides is 1. The van der Waals surface area contributed by atoms with E-state index in [0.717, 1.165) is 0 Å². The monoisotopic (exact) mass is 410 g/mol. The number of carbonyl (C=O) groups is 2. The lowest BCUT2D eigenvalue weighted by molar-refractivity contribution is -0.123. The summed E-state index contributed by atoms with van der Waals surface area (Å²) in [6, 6.07) is 7.73. The third kappa shape index (κ3) is 4.37. The third-order valence-electron chi connectivity index (χ3n) is 3.78. The van der Waals surface area contributed by atoms with Gasteiger partial charge in [-0.2, -0.15) is 0 Å². The smallest absolute Gasteiger partial charge is 0.341 e. The Balaban J connectivity index is 1.66. The van der Waals surface area contributed by atoms with Crippen molar-refractivity contribution in [1.29, 1.82) is 0 Å². The number of hydrogen-bond donors (Lipinski definition) is 2. The number of nitrogens with two attached hydrogens (primary N) is 1. The van der Waals surface area contributed by atoms with Crippen LogP contribution in [0.25, 0.3) is 0 Å². The zero-order valence-corrected chi connectivity index (χ0v) is 15.8. The number of anilines is 2. The Bertz CT molecular complexity index is 904. The van der Waals surface area contributed by atoms with Crippen LogP contribution in [0.15, 0.2) is 30.3 Å². The van der Waals surface area contributed by atoms with Gasteiger partial charge in [-0.25, -0.2) is 4.79 Å². The van der Waals surface area contributed by atoms with Crippen molar-refractivity contribution in [1.82, 2.24) is 0 Å². The molecule has 2 aromatic rings. The molecule has 27 heavy (non-hydrogen) atoms. The first kappa shape index (κ1) is 19.1. The summed E-state index contributed by atoms with van der Waals surface area (Å²) in [6.45, 7) is 2.35. The van der Waals surface area contributed by atoms with Crippen molar-refractivity contribution < 1.29 is 23.8 Å². The molecule has 3 rings (SSSR count). The summed E-state index contributed by atoms with van der Waals surface area (Å²) in [5.41, 5.74) is 6.28. The molecule has 0 bridgehead atoms. The highest BCUT2D eigenvalue weighted by molar-refractivity contribution is 6.37. The number of ether oxygens (including phenoxy) is 3. The molecule has 0 unspecified atom stereocenters. The second-order valence-corrected chi connectivity index (χ2v) is 6.59. The summed E-state index contributed by atoms with van der Waals surface area (Å²) < 4.78 is 16.1. The van der Waals surface area contributed by atoms with Crippen LogP contribution < -0.4 is 20.5 Å². The minimum Gasteiger partial charge on any atom is -0.486 e. The molecule has 1 atom stereocenters. The van der Waals surface area contributed by atoms with Gasteiger partial charge in [0.05, 0.1) is 16.3 Å². The van der Waals surface area contributed by atoms with E-state index in [-0.39, 0.29) is 21.3 Å². The Morgan fingerprint density at radius 3 is 2.59 bits per heavy atom. The summed E-state index contributed by atoms with van der Waals surface area (Å²) in [6.07, 6.45) is -1.08. The molecular formula is C18H16Cl2N2O5. The maximum absolute atomic E-state index is 12.3. The quantitative estimate of drug-likeness (QED) is 0.590. The van der Waals surface area contributed by atoms with Gasteiger partial charge in [0.25, 0.3) is 5.91 Å². The van der Waals surface area contributed by atoms with Crippen molar-refractivity contribution in [2.75, 3.05) is 24.3 Å². The fourth-order valence-corrected chi connectivity index (χ4v) is 2.89. The Kier molecular flexibility index (Phi) is 5.62. The maximum Gasteiger partial charge on any atom is 0.341 e. The lowest BCUT2D eigenvalue weighted by Gasteiger charge is -2.19. The second-order valence-electron chi connectivity index (χ2n) is 5.74. The van der Waals surface area contributed by atoms with E-state index in [9.17, 15) is 9.59 Å². The van der Waals surface area contributed by atoms with E-state index in [0.29, 0.717) is 30.4 Å². The van der Waals surface area contributed by atoms with Gasteiger partial charge in [0.2, 0.25) is 0 Å². The Morgan fingerprint density at radius 2 is 1.85 bits per heavy atom. The summed E-state index contributed by atoms with van der Waals surface area (Å²) in [7, 11) is 0. The number of nitrogen functional groups attached to an aromatic ring is 1. The van der Waals surface area contributed by atoms with Crippen LogP contribution in [-0.4, -0.2) is 31.2 Å². The molecule has 2 aromatic carbocycles. The highest BCUT2D eigenvalue weighted by atomic mass is 35.5. The average Bonchev–Trinajstić information content (AvgIpc) is 2.64. The number of benzene rings is 2. The number of nitrogens with one attached hydrogen (secondary N) is 1. The first-order chi connectivity index (χ1) is 12.8. The molecule has 1 aliphatic rings. The number of rotatable bonds is 4. The van der Waals surface area contributed by atoms with Crippen LogP contribution in [0.5, 0.6) is 11.5 Å². The summed E-state index contributed by atoms with van der Waals surface area (Å²) in [4.78, 5) is 24.6. The van der Waals surface area contributed by atoms with Crippen molar-refractivity contribution in [3.8, 4) is 11.5 Å². The molecule has 1 heterocycles. The van der Waals surface area contributed by atoms with Crippen molar-refractivity contribution >= 4 is 46.5 Å². The molecule has 0 fully saturated rings. The molecule has 142 valence electrons. The lowest BCUT2D eigenvalue weighted by atomic mass is 10.2. The van der Waals surface area contributed by atoms with Gasteiger partial charge >= 0.3 is 5.97 Å². The molecule has 1 aliphatic heterocycles. The van der Waals surface area contributed by atoms with Gasteiger partial charge in [0.15, 0.2) is 17.6 Å². The number of carbonyl (C=O) groups excluding carboxylic acids is 2. The van der Waals surface area contributed by atoms with Gasteiger partial charge in [-0.3, -0.25) is 4.79 Å². The van der Waals surface area contributed by atoms with E-state index >= 15 is 0 Å². The zero-order chi connectivity index (χ0) is 19.6. The van der Waals surface area contributed by atoms with Gasteiger partial charge in [0.1, 0.15) is 13.2 Å². The number of fused-ring (bicyclic) bond motifs is 1. The SMILES string of the molecule is C[C@H](OC(=O)c1cc(Cl)cc(Cl)c1N)C(=O)Nc1ccc2c(c1)OCCO2. The molecule has 1 amide bonds. The maximum atomic E-state index is 12.3.